The third-order valence-electron chi connectivity index (χ3n) is 3.38. The van der Waals surface area contributed by atoms with Crippen LogP contribution in [0.4, 0.5) is 18.9 Å². The third-order valence-corrected chi connectivity index (χ3v) is 4.78. The molecule has 116 valence electrons. The summed E-state index contributed by atoms with van der Waals surface area (Å²) < 4.78 is 38.8. The lowest BCUT2D eigenvalue weighted by Crippen LogP contribution is -2.30. The minimum atomic E-state index is -4.49. The Balaban J connectivity index is 2.16. The zero-order valence-corrected chi connectivity index (χ0v) is 12.4. The van der Waals surface area contributed by atoms with Gasteiger partial charge in [0.1, 0.15) is 0 Å². The molecular weight excluding hydrogens is 301 g/mol. The number of para-hydroxylation sites is 1. The number of rotatable bonds is 4. The van der Waals surface area contributed by atoms with E-state index in [2.05, 4.69) is 10.6 Å². The van der Waals surface area contributed by atoms with Crippen molar-refractivity contribution in [3.05, 3.63) is 29.3 Å². The summed E-state index contributed by atoms with van der Waals surface area (Å²) in [5, 5.41) is 5.58. The Hall–Kier alpha value is -1.37. The molecule has 1 amide bonds. The first-order valence-corrected chi connectivity index (χ1v) is 7.76. The number of hydrogen-bond acceptors (Lipinski definition) is 3. The summed E-state index contributed by atoms with van der Waals surface area (Å²) in [5.74, 6) is 0.601. The van der Waals surface area contributed by atoms with E-state index in [1.165, 1.54) is 19.2 Å². The Morgan fingerprint density at radius 2 is 2.19 bits per heavy atom. The fraction of sp³-hybridized carbons (Fsp3) is 0.500. The number of hydrogen-bond donors (Lipinski definition) is 2. The van der Waals surface area contributed by atoms with Crippen LogP contribution in [0.25, 0.3) is 0 Å². The Morgan fingerprint density at radius 1 is 1.43 bits per heavy atom. The molecule has 0 bridgehead atoms. The van der Waals surface area contributed by atoms with Crippen LogP contribution in [0.2, 0.25) is 0 Å². The summed E-state index contributed by atoms with van der Waals surface area (Å²) in [7, 11) is 1.38. The van der Waals surface area contributed by atoms with Crippen LogP contribution in [-0.4, -0.2) is 30.5 Å². The van der Waals surface area contributed by atoms with E-state index in [0.717, 1.165) is 24.7 Å². The second-order valence-corrected chi connectivity index (χ2v) is 6.23. The van der Waals surface area contributed by atoms with Crippen LogP contribution in [0.3, 0.4) is 0 Å². The number of carbonyl (C=O) groups excluding carboxylic acids is 1. The Labute approximate surface area is 125 Å². The molecule has 1 fully saturated rings. The maximum atomic E-state index is 12.9. The minimum Gasteiger partial charge on any atom is -0.387 e. The van der Waals surface area contributed by atoms with Gasteiger partial charge >= 0.3 is 6.18 Å². The first kappa shape index (κ1) is 16.0. The lowest BCUT2D eigenvalue weighted by atomic mass is 10.1. The minimum absolute atomic E-state index is 0.0234. The molecule has 2 N–H and O–H groups in total. The number of nitrogens with one attached hydrogen (secondary N) is 2. The summed E-state index contributed by atoms with van der Waals surface area (Å²) in [5.41, 5.74) is -0.982. The van der Waals surface area contributed by atoms with E-state index in [0.29, 0.717) is 11.8 Å². The van der Waals surface area contributed by atoms with E-state index in [9.17, 15) is 18.0 Å². The molecule has 0 aromatic heterocycles. The van der Waals surface area contributed by atoms with Crippen molar-refractivity contribution in [2.24, 2.45) is 0 Å². The standard InChI is InChI=1S/C14H17F3N2OS/c1-18-12-10(5-2-6-11(12)14(15,16)17)13(20)19-8-9-4-3-7-21-9/h2,5-6,9,18H,3-4,7-8H2,1H3,(H,19,20). The summed E-state index contributed by atoms with van der Waals surface area (Å²) >= 11 is 1.79. The SMILES string of the molecule is CNc1c(C(=O)NCC2CCCS2)cccc1C(F)(F)F. The average Bonchev–Trinajstić information content (AvgIpc) is 2.96. The van der Waals surface area contributed by atoms with Crippen molar-refractivity contribution in [1.82, 2.24) is 5.32 Å². The van der Waals surface area contributed by atoms with Crippen molar-refractivity contribution in [3.8, 4) is 0 Å². The van der Waals surface area contributed by atoms with Gasteiger partial charge in [-0.2, -0.15) is 24.9 Å². The van der Waals surface area contributed by atoms with Crippen LogP contribution in [0, 0.1) is 0 Å². The van der Waals surface area contributed by atoms with Gasteiger partial charge in [-0.05, 0) is 30.7 Å². The molecule has 2 rings (SSSR count). The summed E-state index contributed by atoms with van der Waals surface area (Å²) in [6.07, 6.45) is -2.33. The fourth-order valence-electron chi connectivity index (χ4n) is 2.35. The largest absolute Gasteiger partial charge is 0.418 e. The van der Waals surface area contributed by atoms with Crippen LogP contribution < -0.4 is 10.6 Å². The number of amides is 1. The molecule has 7 heteroatoms. The molecular formula is C14H17F3N2OS. The Morgan fingerprint density at radius 3 is 2.76 bits per heavy atom. The van der Waals surface area contributed by atoms with Gasteiger partial charge in [-0.3, -0.25) is 4.79 Å². The quantitative estimate of drug-likeness (QED) is 0.894. The van der Waals surface area contributed by atoms with E-state index >= 15 is 0 Å². The first-order chi connectivity index (χ1) is 9.93. The molecule has 0 radical (unpaired) electrons. The average molecular weight is 318 g/mol. The molecule has 1 heterocycles. The molecule has 0 saturated carbocycles. The van der Waals surface area contributed by atoms with E-state index in [-0.39, 0.29) is 11.3 Å². The third kappa shape index (κ3) is 3.84. The van der Waals surface area contributed by atoms with Gasteiger partial charge in [-0.25, -0.2) is 0 Å². The molecule has 21 heavy (non-hydrogen) atoms. The summed E-state index contributed by atoms with van der Waals surface area (Å²) in [4.78, 5) is 12.1. The molecule has 0 spiro atoms. The Bertz CT molecular complexity index is 513. The maximum absolute atomic E-state index is 12.9. The van der Waals surface area contributed by atoms with Crippen LogP contribution >= 0.6 is 11.8 Å². The molecule has 1 aliphatic heterocycles. The number of halogens is 3. The zero-order valence-electron chi connectivity index (χ0n) is 11.6. The molecule has 3 nitrogen and oxygen atoms in total. The zero-order chi connectivity index (χ0) is 15.5. The van der Waals surface area contributed by atoms with Gasteiger partial charge in [0.05, 0.1) is 16.8 Å². The normalized spacial score (nSPS) is 18.6. The van der Waals surface area contributed by atoms with Gasteiger partial charge in [0.15, 0.2) is 0 Å². The number of benzene rings is 1. The van der Waals surface area contributed by atoms with Crippen LogP contribution in [-0.2, 0) is 6.18 Å². The van der Waals surface area contributed by atoms with Crippen LogP contribution in [0.5, 0.6) is 0 Å². The molecule has 1 atom stereocenters. The van der Waals surface area contributed by atoms with E-state index in [1.807, 2.05) is 0 Å². The van der Waals surface area contributed by atoms with Crippen molar-refractivity contribution in [3.63, 3.8) is 0 Å². The van der Waals surface area contributed by atoms with Crippen molar-refractivity contribution in [1.29, 1.82) is 0 Å². The van der Waals surface area contributed by atoms with Gasteiger partial charge in [0, 0.05) is 18.8 Å². The predicted molar refractivity (Wildman–Crippen MR) is 78.8 cm³/mol. The number of alkyl halides is 3. The monoisotopic (exact) mass is 318 g/mol. The molecule has 1 aromatic rings. The predicted octanol–water partition coefficient (Wildman–Crippen LogP) is 3.37. The maximum Gasteiger partial charge on any atom is 0.418 e. The smallest absolute Gasteiger partial charge is 0.387 e. The van der Waals surface area contributed by atoms with Crippen molar-refractivity contribution < 1.29 is 18.0 Å². The second kappa shape index (κ2) is 6.60. The highest BCUT2D eigenvalue weighted by molar-refractivity contribution is 8.00. The van der Waals surface area contributed by atoms with Gasteiger partial charge in [-0.1, -0.05) is 6.07 Å². The number of anilines is 1. The lowest BCUT2D eigenvalue weighted by molar-refractivity contribution is -0.136. The van der Waals surface area contributed by atoms with Crippen molar-refractivity contribution in [2.75, 3.05) is 24.7 Å². The molecule has 1 saturated heterocycles. The van der Waals surface area contributed by atoms with E-state index in [1.54, 1.807) is 11.8 Å². The van der Waals surface area contributed by atoms with Crippen LogP contribution in [0.1, 0.15) is 28.8 Å². The van der Waals surface area contributed by atoms with Gasteiger partial charge in [0.25, 0.3) is 5.91 Å². The number of thioether (sulfide) groups is 1. The summed E-state index contributed by atoms with van der Waals surface area (Å²) in [6.45, 7) is 0.489. The van der Waals surface area contributed by atoms with Crippen molar-refractivity contribution in [2.45, 2.75) is 24.3 Å². The van der Waals surface area contributed by atoms with Gasteiger partial charge in [-0.15, -0.1) is 0 Å². The molecule has 1 unspecified atom stereocenters. The van der Waals surface area contributed by atoms with E-state index < -0.39 is 17.6 Å². The molecule has 0 aliphatic carbocycles. The number of carbonyl (C=O) groups is 1. The lowest BCUT2D eigenvalue weighted by Gasteiger charge is -2.17. The van der Waals surface area contributed by atoms with Crippen molar-refractivity contribution >= 4 is 23.4 Å². The van der Waals surface area contributed by atoms with Gasteiger partial charge < -0.3 is 10.6 Å². The molecule has 1 aliphatic rings. The first-order valence-electron chi connectivity index (χ1n) is 6.71. The van der Waals surface area contributed by atoms with Crippen LogP contribution in [0.15, 0.2) is 18.2 Å². The highest BCUT2D eigenvalue weighted by Crippen LogP contribution is 2.36. The molecule has 1 aromatic carbocycles. The fourth-order valence-corrected chi connectivity index (χ4v) is 3.56. The topological polar surface area (TPSA) is 41.1 Å². The highest BCUT2D eigenvalue weighted by Gasteiger charge is 2.35. The van der Waals surface area contributed by atoms with E-state index in [4.69, 9.17) is 0 Å². The Kier molecular flexibility index (Phi) is 5.03. The van der Waals surface area contributed by atoms with Gasteiger partial charge in [0.2, 0.25) is 0 Å². The second-order valence-electron chi connectivity index (χ2n) is 4.82. The summed E-state index contributed by atoms with van der Waals surface area (Å²) in [6, 6.07) is 3.62. The highest BCUT2D eigenvalue weighted by atomic mass is 32.2.